The zero-order valence-electron chi connectivity index (χ0n) is 13.8. The summed E-state index contributed by atoms with van der Waals surface area (Å²) in [4.78, 5) is 16.8. The average molecular weight is 381 g/mol. The molecule has 0 radical (unpaired) electrons. The molecule has 0 spiro atoms. The van der Waals surface area contributed by atoms with E-state index in [9.17, 15) is 4.79 Å². The van der Waals surface area contributed by atoms with Crippen molar-refractivity contribution < 1.29 is 9.53 Å². The number of amides is 1. The molecule has 2 fully saturated rings. The van der Waals surface area contributed by atoms with Gasteiger partial charge in [0.2, 0.25) is 5.91 Å². The molecule has 1 unspecified atom stereocenters. The number of carbonyl (C=O) groups excluding carboxylic acids is 1. The van der Waals surface area contributed by atoms with E-state index in [2.05, 4.69) is 46.0 Å². The van der Waals surface area contributed by atoms with Crippen LogP contribution in [0.2, 0.25) is 0 Å². The molecule has 23 heavy (non-hydrogen) atoms. The van der Waals surface area contributed by atoms with E-state index in [1.165, 1.54) is 17.7 Å². The van der Waals surface area contributed by atoms with Crippen LogP contribution in [0.5, 0.6) is 0 Å². The molecule has 2 aliphatic rings. The fourth-order valence-electron chi connectivity index (χ4n) is 3.33. The Labute approximate surface area is 146 Å². The van der Waals surface area contributed by atoms with Crippen LogP contribution < -0.4 is 4.90 Å². The minimum absolute atomic E-state index is 0.142. The Morgan fingerprint density at radius 1 is 1.26 bits per heavy atom. The van der Waals surface area contributed by atoms with Gasteiger partial charge in [-0.2, -0.15) is 0 Å². The summed E-state index contributed by atoms with van der Waals surface area (Å²) in [6, 6.07) is 6.45. The maximum absolute atomic E-state index is 12.4. The van der Waals surface area contributed by atoms with Crippen molar-refractivity contribution in [2.24, 2.45) is 0 Å². The lowest BCUT2D eigenvalue weighted by Crippen LogP contribution is -2.49. The second-order valence-corrected chi connectivity index (χ2v) is 7.35. The topological polar surface area (TPSA) is 32.8 Å². The normalized spacial score (nSPS) is 22.3. The highest BCUT2D eigenvalue weighted by Crippen LogP contribution is 2.24. The van der Waals surface area contributed by atoms with Gasteiger partial charge < -0.3 is 14.5 Å². The Balaban J connectivity index is 1.51. The van der Waals surface area contributed by atoms with E-state index in [0.29, 0.717) is 6.42 Å². The molecular weight excluding hydrogens is 356 g/mol. The SMILES string of the molecule is Cc1cc(N2CCN(C(=O)CC3CCCCO3)CC2)ccc1Br. The van der Waals surface area contributed by atoms with Crippen molar-refractivity contribution in [3.63, 3.8) is 0 Å². The van der Waals surface area contributed by atoms with Crippen LogP contribution >= 0.6 is 15.9 Å². The number of hydrogen-bond acceptors (Lipinski definition) is 3. The van der Waals surface area contributed by atoms with Crippen molar-refractivity contribution in [3.05, 3.63) is 28.2 Å². The molecule has 1 aromatic rings. The minimum atomic E-state index is 0.142. The van der Waals surface area contributed by atoms with Crippen molar-refractivity contribution in [3.8, 4) is 0 Å². The van der Waals surface area contributed by atoms with Gasteiger partial charge in [0.25, 0.3) is 0 Å². The van der Waals surface area contributed by atoms with Gasteiger partial charge in [-0.05, 0) is 49.9 Å². The van der Waals surface area contributed by atoms with Crippen LogP contribution in [0.1, 0.15) is 31.2 Å². The number of nitrogens with zero attached hydrogens (tertiary/aromatic N) is 2. The Hall–Kier alpha value is -1.07. The van der Waals surface area contributed by atoms with Crippen LogP contribution in [0.4, 0.5) is 5.69 Å². The molecule has 5 heteroatoms. The molecule has 126 valence electrons. The molecule has 0 N–H and O–H groups in total. The lowest BCUT2D eigenvalue weighted by Gasteiger charge is -2.37. The monoisotopic (exact) mass is 380 g/mol. The molecule has 3 rings (SSSR count). The summed E-state index contributed by atoms with van der Waals surface area (Å²) in [5.41, 5.74) is 2.49. The standard InChI is InChI=1S/C18H25BrN2O2/c1-14-12-15(5-6-17(14)19)20-7-9-21(10-8-20)18(22)13-16-4-2-3-11-23-16/h5-6,12,16H,2-4,7-11,13H2,1H3. The summed E-state index contributed by atoms with van der Waals surface area (Å²) < 4.78 is 6.83. The summed E-state index contributed by atoms with van der Waals surface area (Å²) in [6.45, 7) is 6.34. The van der Waals surface area contributed by atoms with Crippen molar-refractivity contribution in [2.45, 2.75) is 38.7 Å². The number of ether oxygens (including phenoxy) is 1. The molecule has 1 atom stereocenters. The number of halogens is 1. The van der Waals surface area contributed by atoms with E-state index in [4.69, 9.17) is 4.74 Å². The number of anilines is 1. The predicted molar refractivity (Wildman–Crippen MR) is 95.9 cm³/mol. The highest BCUT2D eigenvalue weighted by molar-refractivity contribution is 9.10. The third kappa shape index (κ3) is 4.27. The number of rotatable bonds is 3. The van der Waals surface area contributed by atoms with Crippen molar-refractivity contribution >= 4 is 27.5 Å². The largest absolute Gasteiger partial charge is 0.378 e. The van der Waals surface area contributed by atoms with Crippen molar-refractivity contribution in [2.75, 3.05) is 37.7 Å². The molecule has 1 amide bonds. The zero-order chi connectivity index (χ0) is 16.2. The van der Waals surface area contributed by atoms with E-state index in [1.807, 2.05) is 4.90 Å². The predicted octanol–water partition coefficient (Wildman–Crippen LogP) is 3.37. The molecule has 0 bridgehead atoms. The number of benzene rings is 1. The van der Waals surface area contributed by atoms with Gasteiger partial charge in [0.1, 0.15) is 0 Å². The lowest BCUT2D eigenvalue weighted by molar-refractivity contribution is -0.135. The van der Waals surface area contributed by atoms with Gasteiger partial charge in [-0.3, -0.25) is 4.79 Å². The first-order valence-electron chi connectivity index (χ1n) is 8.54. The summed E-state index contributed by atoms with van der Waals surface area (Å²) in [5.74, 6) is 0.253. The maximum Gasteiger partial charge on any atom is 0.225 e. The Kier molecular flexibility index (Phi) is 5.59. The first-order valence-corrected chi connectivity index (χ1v) is 9.33. The van der Waals surface area contributed by atoms with Crippen LogP contribution in [0, 0.1) is 6.92 Å². The van der Waals surface area contributed by atoms with E-state index in [-0.39, 0.29) is 12.0 Å². The van der Waals surface area contributed by atoms with Crippen molar-refractivity contribution in [1.82, 2.24) is 4.90 Å². The fourth-order valence-corrected chi connectivity index (χ4v) is 3.58. The minimum Gasteiger partial charge on any atom is -0.378 e. The van der Waals surface area contributed by atoms with E-state index in [0.717, 1.165) is 50.1 Å². The molecule has 2 saturated heterocycles. The van der Waals surface area contributed by atoms with Gasteiger partial charge >= 0.3 is 0 Å². The van der Waals surface area contributed by atoms with Gasteiger partial charge in [0.15, 0.2) is 0 Å². The van der Waals surface area contributed by atoms with Gasteiger partial charge in [-0.1, -0.05) is 15.9 Å². The molecule has 0 aliphatic carbocycles. The Bertz CT molecular complexity index is 550. The fraction of sp³-hybridized carbons (Fsp3) is 0.611. The number of hydrogen-bond donors (Lipinski definition) is 0. The van der Waals surface area contributed by atoms with Crippen LogP contribution in [-0.2, 0) is 9.53 Å². The highest BCUT2D eigenvalue weighted by atomic mass is 79.9. The van der Waals surface area contributed by atoms with Crippen LogP contribution in [0.3, 0.4) is 0 Å². The van der Waals surface area contributed by atoms with Gasteiger partial charge in [-0.25, -0.2) is 0 Å². The summed E-state index contributed by atoms with van der Waals surface area (Å²) in [6.07, 6.45) is 4.05. The summed E-state index contributed by atoms with van der Waals surface area (Å²) >= 11 is 3.55. The molecule has 4 nitrogen and oxygen atoms in total. The Morgan fingerprint density at radius 3 is 2.70 bits per heavy atom. The van der Waals surface area contributed by atoms with Crippen LogP contribution in [-0.4, -0.2) is 49.7 Å². The van der Waals surface area contributed by atoms with Crippen molar-refractivity contribution in [1.29, 1.82) is 0 Å². The number of aryl methyl sites for hydroxylation is 1. The van der Waals surface area contributed by atoms with E-state index < -0.39 is 0 Å². The maximum atomic E-state index is 12.4. The summed E-state index contributed by atoms with van der Waals surface area (Å²) in [7, 11) is 0. The number of carbonyl (C=O) groups is 1. The third-order valence-electron chi connectivity index (χ3n) is 4.82. The molecule has 2 aliphatic heterocycles. The van der Waals surface area contributed by atoms with Gasteiger partial charge in [-0.15, -0.1) is 0 Å². The average Bonchev–Trinajstić information content (AvgIpc) is 2.58. The zero-order valence-corrected chi connectivity index (χ0v) is 15.3. The smallest absolute Gasteiger partial charge is 0.225 e. The third-order valence-corrected chi connectivity index (χ3v) is 5.71. The molecular formula is C18H25BrN2O2. The molecule has 0 aromatic heterocycles. The molecule has 2 heterocycles. The summed E-state index contributed by atoms with van der Waals surface area (Å²) in [5, 5.41) is 0. The lowest BCUT2D eigenvalue weighted by atomic mass is 10.1. The van der Waals surface area contributed by atoms with Crippen LogP contribution in [0.25, 0.3) is 0 Å². The first kappa shape index (κ1) is 16.8. The molecule has 1 aromatic carbocycles. The Morgan fingerprint density at radius 2 is 2.04 bits per heavy atom. The second kappa shape index (κ2) is 7.67. The first-order chi connectivity index (χ1) is 11.1. The van der Waals surface area contributed by atoms with Gasteiger partial charge in [0, 0.05) is 42.9 Å². The van der Waals surface area contributed by atoms with E-state index in [1.54, 1.807) is 0 Å². The number of piperazine rings is 1. The van der Waals surface area contributed by atoms with E-state index >= 15 is 0 Å². The quantitative estimate of drug-likeness (QED) is 0.805. The van der Waals surface area contributed by atoms with Crippen LogP contribution in [0.15, 0.2) is 22.7 Å². The molecule has 0 saturated carbocycles. The van der Waals surface area contributed by atoms with Gasteiger partial charge in [0.05, 0.1) is 12.5 Å². The second-order valence-electron chi connectivity index (χ2n) is 6.49. The highest BCUT2D eigenvalue weighted by Gasteiger charge is 2.25.